The molecule has 1 atom stereocenters. The van der Waals surface area contributed by atoms with E-state index in [9.17, 15) is 4.79 Å². The fourth-order valence-corrected chi connectivity index (χ4v) is 4.45. The van der Waals surface area contributed by atoms with E-state index in [2.05, 4.69) is 9.88 Å². The van der Waals surface area contributed by atoms with Crippen LogP contribution in [0.3, 0.4) is 0 Å². The Morgan fingerprint density at radius 3 is 2.59 bits per heavy atom. The standard InChI is InChI=1S/C22H23N3O3S/c1-27-22(26)24-20-19(16-9-4-2-5-10-16)25(15-18-13-8-14-28-18)21(29-20)23-17-11-6-3-7-12-17/h2-7,9-12,18H,8,13-15H2,1H3,(H,24,26)/t18-/m1/s1. The molecule has 2 aromatic carbocycles. The number of carbonyl (C=O) groups is 1. The number of hydrogen-bond acceptors (Lipinski definition) is 5. The summed E-state index contributed by atoms with van der Waals surface area (Å²) in [6.07, 6.45) is 1.71. The molecule has 0 bridgehead atoms. The Bertz CT molecular complexity index is 1020. The highest BCUT2D eigenvalue weighted by Gasteiger charge is 2.23. The van der Waals surface area contributed by atoms with Crippen molar-refractivity contribution in [2.24, 2.45) is 4.99 Å². The van der Waals surface area contributed by atoms with Gasteiger partial charge >= 0.3 is 6.09 Å². The van der Waals surface area contributed by atoms with Crippen LogP contribution in [0.2, 0.25) is 0 Å². The van der Waals surface area contributed by atoms with Crippen LogP contribution in [-0.4, -0.2) is 30.5 Å². The van der Waals surface area contributed by atoms with Crippen LogP contribution in [0.25, 0.3) is 11.3 Å². The van der Waals surface area contributed by atoms with Crippen LogP contribution < -0.4 is 10.1 Å². The van der Waals surface area contributed by atoms with Gasteiger partial charge in [-0.25, -0.2) is 9.79 Å². The van der Waals surface area contributed by atoms with Crippen molar-refractivity contribution in [1.82, 2.24) is 4.57 Å². The second-order valence-corrected chi connectivity index (χ2v) is 7.72. The van der Waals surface area contributed by atoms with E-state index < -0.39 is 6.09 Å². The number of methoxy groups -OCH3 is 1. The van der Waals surface area contributed by atoms with Gasteiger partial charge in [0.15, 0.2) is 4.80 Å². The SMILES string of the molecule is COC(=O)Nc1sc(=Nc2ccccc2)n(C[C@H]2CCCO2)c1-c1ccccc1. The fourth-order valence-electron chi connectivity index (χ4n) is 3.38. The van der Waals surface area contributed by atoms with Crippen LogP contribution in [0, 0.1) is 0 Å². The van der Waals surface area contributed by atoms with Crippen LogP contribution in [0.1, 0.15) is 12.8 Å². The maximum Gasteiger partial charge on any atom is 0.412 e. The average Bonchev–Trinajstić information content (AvgIpc) is 3.38. The van der Waals surface area contributed by atoms with Gasteiger partial charge in [0, 0.05) is 12.2 Å². The minimum Gasteiger partial charge on any atom is -0.453 e. The molecule has 1 aromatic heterocycles. The van der Waals surface area contributed by atoms with Crippen molar-refractivity contribution in [2.75, 3.05) is 19.0 Å². The number of rotatable bonds is 5. The summed E-state index contributed by atoms with van der Waals surface area (Å²) in [6.45, 7) is 1.46. The zero-order chi connectivity index (χ0) is 20.1. The van der Waals surface area contributed by atoms with E-state index in [1.165, 1.54) is 18.4 Å². The van der Waals surface area contributed by atoms with E-state index in [1.54, 1.807) is 0 Å². The molecular weight excluding hydrogens is 386 g/mol. The minimum atomic E-state index is -0.501. The van der Waals surface area contributed by atoms with Gasteiger partial charge in [0.2, 0.25) is 0 Å². The molecule has 1 N–H and O–H groups in total. The number of thiazole rings is 1. The molecule has 0 spiro atoms. The van der Waals surface area contributed by atoms with Crippen molar-refractivity contribution in [2.45, 2.75) is 25.5 Å². The van der Waals surface area contributed by atoms with E-state index in [0.717, 1.165) is 41.2 Å². The van der Waals surface area contributed by atoms with Crippen molar-refractivity contribution in [3.05, 3.63) is 65.5 Å². The molecule has 29 heavy (non-hydrogen) atoms. The number of nitrogens with zero attached hydrogens (tertiary/aromatic N) is 2. The molecule has 1 aliphatic rings. The molecule has 3 aromatic rings. The van der Waals surface area contributed by atoms with Crippen molar-refractivity contribution in [3.63, 3.8) is 0 Å². The number of amides is 1. The van der Waals surface area contributed by atoms with Crippen LogP contribution in [0.4, 0.5) is 15.5 Å². The number of benzene rings is 2. The monoisotopic (exact) mass is 409 g/mol. The van der Waals surface area contributed by atoms with Crippen molar-refractivity contribution in [3.8, 4) is 11.3 Å². The van der Waals surface area contributed by atoms with Crippen molar-refractivity contribution in [1.29, 1.82) is 0 Å². The van der Waals surface area contributed by atoms with Crippen molar-refractivity contribution < 1.29 is 14.3 Å². The second-order valence-electron chi connectivity index (χ2n) is 6.74. The molecule has 7 heteroatoms. The number of ether oxygens (including phenoxy) is 2. The Kier molecular flexibility index (Phi) is 6.07. The number of anilines is 1. The van der Waals surface area contributed by atoms with Crippen LogP contribution in [0.5, 0.6) is 0 Å². The highest BCUT2D eigenvalue weighted by atomic mass is 32.1. The summed E-state index contributed by atoms with van der Waals surface area (Å²) >= 11 is 1.43. The first kappa shape index (κ1) is 19.4. The highest BCUT2D eigenvalue weighted by molar-refractivity contribution is 7.14. The molecule has 0 aliphatic carbocycles. The summed E-state index contributed by atoms with van der Waals surface area (Å²) in [6, 6.07) is 19.8. The molecule has 1 saturated heterocycles. The van der Waals surface area contributed by atoms with E-state index >= 15 is 0 Å². The summed E-state index contributed by atoms with van der Waals surface area (Å²) in [5.41, 5.74) is 2.77. The quantitative estimate of drug-likeness (QED) is 0.658. The average molecular weight is 410 g/mol. The Morgan fingerprint density at radius 1 is 1.21 bits per heavy atom. The highest BCUT2D eigenvalue weighted by Crippen LogP contribution is 2.32. The third-order valence-corrected chi connectivity index (χ3v) is 5.74. The lowest BCUT2D eigenvalue weighted by Crippen LogP contribution is -2.24. The van der Waals surface area contributed by atoms with Crippen LogP contribution in [0.15, 0.2) is 65.7 Å². The third kappa shape index (κ3) is 4.58. The van der Waals surface area contributed by atoms with E-state index in [1.807, 2.05) is 60.7 Å². The van der Waals surface area contributed by atoms with Gasteiger partial charge in [0.05, 0.1) is 31.1 Å². The molecule has 150 valence electrons. The number of aromatic nitrogens is 1. The van der Waals surface area contributed by atoms with Gasteiger partial charge in [0.25, 0.3) is 0 Å². The maximum atomic E-state index is 12.0. The molecule has 6 nitrogen and oxygen atoms in total. The summed E-state index contributed by atoms with van der Waals surface area (Å²) in [4.78, 5) is 17.7. The lowest BCUT2D eigenvalue weighted by molar-refractivity contribution is 0.0968. The Hall–Kier alpha value is -2.90. The molecule has 1 aliphatic heterocycles. The normalized spacial score (nSPS) is 16.7. The summed E-state index contributed by atoms with van der Waals surface area (Å²) in [7, 11) is 1.36. The van der Waals surface area contributed by atoms with Gasteiger partial charge < -0.3 is 14.0 Å². The van der Waals surface area contributed by atoms with E-state index in [-0.39, 0.29) is 6.10 Å². The Balaban J connectivity index is 1.89. The Morgan fingerprint density at radius 2 is 1.93 bits per heavy atom. The predicted molar refractivity (Wildman–Crippen MR) is 114 cm³/mol. The molecular formula is C22H23N3O3S. The van der Waals surface area contributed by atoms with Gasteiger partial charge in [-0.3, -0.25) is 5.32 Å². The number of carbonyl (C=O) groups excluding carboxylic acids is 1. The number of nitrogens with one attached hydrogen (secondary N) is 1. The summed E-state index contributed by atoms with van der Waals surface area (Å²) in [5, 5.41) is 3.57. The van der Waals surface area contributed by atoms with Gasteiger partial charge in [-0.2, -0.15) is 0 Å². The topological polar surface area (TPSA) is 64.8 Å². The number of hydrogen-bond donors (Lipinski definition) is 1. The number of para-hydroxylation sites is 1. The molecule has 4 rings (SSSR count). The largest absolute Gasteiger partial charge is 0.453 e. The Labute approximate surface area is 173 Å². The zero-order valence-corrected chi connectivity index (χ0v) is 17.0. The zero-order valence-electron chi connectivity index (χ0n) is 16.2. The van der Waals surface area contributed by atoms with Gasteiger partial charge in [-0.05, 0) is 25.0 Å². The van der Waals surface area contributed by atoms with Crippen LogP contribution in [-0.2, 0) is 16.0 Å². The first-order valence-corrected chi connectivity index (χ1v) is 10.4. The first-order valence-electron chi connectivity index (χ1n) is 9.60. The second kappa shape index (κ2) is 9.07. The van der Waals surface area contributed by atoms with Gasteiger partial charge in [0.1, 0.15) is 5.00 Å². The lowest BCUT2D eigenvalue weighted by atomic mass is 10.1. The van der Waals surface area contributed by atoms with Crippen LogP contribution >= 0.6 is 11.3 Å². The van der Waals surface area contributed by atoms with E-state index in [0.29, 0.717) is 11.5 Å². The fraction of sp³-hybridized carbons (Fsp3) is 0.273. The molecule has 1 fully saturated rings. The minimum absolute atomic E-state index is 0.132. The molecule has 0 saturated carbocycles. The summed E-state index contributed by atoms with van der Waals surface area (Å²) < 4.78 is 12.9. The van der Waals surface area contributed by atoms with E-state index in [4.69, 9.17) is 14.5 Å². The van der Waals surface area contributed by atoms with Gasteiger partial charge in [-0.15, -0.1) is 0 Å². The maximum absolute atomic E-state index is 12.0. The first-order chi connectivity index (χ1) is 14.2. The summed E-state index contributed by atoms with van der Waals surface area (Å²) in [5.74, 6) is 0. The molecule has 0 unspecified atom stereocenters. The van der Waals surface area contributed by atoms with Gasteiger partial charge in [-0.1, -0.05) is 59.9 Å². The smallest absolute Gasteiger partial charge is 0.412 e. The van der Waals surface area contributed by atoms with Crippen molar-refractivity contribution >= 4 is 28.1 Å². The molecule has 1 amide bonds. The molecule has 0 radical (unpaired) electrons. The predicted octanol–water partition coefficient (Wildman–Crippen LogP) is 4.81. The lowest BCUT2D eigenvalue weighted by Gasteiger charge is -2.15. The molecule has 2 heterocycles. The third-order valence-electron chi connectivity index (χ3n) is 4.75.